The maximum absolute atomic E-state index is 13.0. The molecule has 2 amide bonds. The minimum Gasteiger partial charge on any atom is -0.264 e. The summed E-state index contributed by atoms with van der Waals surface area (Å²) in [4.78, 5) is 11.5. The van der Waals surface area contributed by atoms with Crippen LogP contribution in [0.2, 0.25) is 0 Å². The molecule has 0 saturated heterocycles. The molecule has 0 bridgehead atoms. The number of hydrogen-bond donors (Lipinski definition) is 2. The van der Waals surface area contributed by atoms with Crippen LogP contribution < -0.4 is 11.7 Å². The summed E-state index contributed by atoms with van der Waals surface area (Å²) < 4.78 is 13.0. The van der Waals surface area contributed by atoms with Crippen LogP contribution in [0.4, 0.5) is 9.18 Å². The lowest BCUT2D eigenvalue weighted by molar-refractivity contribution is 0.174. The van der Waals surface area contributed by atoms with Gasteiger partial charge in [0.05, 0.1) is 0 Å². The van der Waals surface area contributed by atoms with E-state index in [-0.39, 0.29) is 11.7 Å². The number of rotatable bonds is 1. The molecule has 1 aliphatic carbocycles. The van der Waals surface area contributed by atoms with Crippen molar-refractivity contribution in [2.75, 3.05) is 7.05 Å². The number of halogens is 1. The van der Waals surface area contributed by atoms with E-state index in [9.17, 15) is 9.18 Å². The number of carbonyl (C=O) groups is 1. The third-order valence-corrected chi connectivity index (χ3v) is 2.21. The minimum atomic E-state index is -0.567. The SMILES string of the molecule is CC1C=CC(F)=CC=C1N(N)C(=O)N(C)N. The number of nitrogens with two attached hydrogens (primary N) is 2. The molecule has 1 aliphatic rings. The van der Waals surface area contributed by atoms with Crippen LogP contribution in [0.25, 0.3) is 0 Å². The average molecular weight is 226 g/mol. The van der Waals surface area contributed by atoms with Crippen LogP contribution in [0.15, 0.2) is 35.8 Å². The van der Waals surface area contributed by atoms with Gasteiger partial charge in [0.1, 0.15) is 5.83 Å². The maximum Gasteiger partial charge on any atom is 0.352 e. The summed E-state index contributed by atoms with van der Waals surface area (Å²) >= 11 is 0. The molecule has 0 saturated carbocycles. The topological polar surface area (TPSA) is 75.6 Å². The van der Waals surface area contributed by atoms with Crippen LogP contribution in [0, 0.1) is 5.92 Å². The highest BCUT2D eigenvalue weighted by Gasteiger charge is 2.20. The van der Waals surface area contributed by atoms with Crippen LogP contribution >= 0.6 is 0 Å². The highest BCUT2D eigenvalue weighted by molar-refractivity contribution is 5.75. The van der Waals surface area contributed by atoms with E-state index < -0.39 is 6.03 Å². The number of nitrogens with zero attached hydrogens (tertiary/aromatic N) is 2. The first-order valence-corrected chi connectivity index (χ1v) is 4.76. The summed E-state index contributed by atoms with van der Waals surface area (Å²) in [7, 11) is 1.39. The first-order chi connectivity index (χ1) is 7.43. The van der Waals surface area contributed by atoms with E-state index in [1.807, 2.05) is 0 Å². The Hall–Kier alpha value is -1.66. The van der Waals surface area contributed by atoms with Crippen molar-refractivity contribution in [2.45, 2.75) is 6.92 Å². The van der Waals surface area contributed by atoms with Gasteiger partial charge in [-0.15, -0.1) is 0 Å². The van der Waals surface area contributed by atoms with Gasteiger partial charge in [-0.1, -0.05) is 13.0 Å². The number of hydrogen-bond acceptors (Lipinski definition) is 3. The van der Waals surface area contributed by atoms with Gasteiger partial charge in [-0.25, -0.2) is 25.9 Å². The van der Waals surface area contributed by atoms with Crippen LogP contribution in [0.3, 0.4) is 0 Å². The Labute approximate surface area is 93.4 Å². The number of carbonyl (C=O) groups excluding carboxylic acids is 1. The first kappa shape index (κ1) is 12.4. The van der Waals surface area contributed by atoms with Gasteiger partial charge in [0, 0.05) is 18.7 Å². The fourth-order valence-corrected chi connectivity index (χ4v) is 1.29. The van der Waals surface area contributed by atoms with Crippen molar-refractivity contribution in [3.63, 3.8) is 0 Å². The van der Waals surface area contributed by atoms with E-state index in [1.54, 1.807) is 13.0 Å². The van der Waals surface area contributed by atoms with Crippen molar-refractivity contribution in [3.8, 4) is 0 Å². The zero-order valence-corrected chi connectivity index (χ0v) is 9.22. The fourth-order valence-electron chi connectivity index (χ4n) is 1.29. The van der Waals surface area contributed by atoms with Crippen LogP contribution in [0.5, 0.6) is 0 Å². The van der Waals surface area contributed by atoms with E-state index in [4.69, 9.17) is 11.7 Å². The molecular formula is C10H15FN4O. The van der Waals surface area contributed by atoms with Crippen molar-refractivity contribution in [1.82, 2.24) is 10.0 Å². The Balaban J connectivity index is 2.95. The quantitative estimate of drug-likeness (QED) is 0.398. The summed E-state index contributed by atoms with van der Waals surface area (Å²) in [5.74, 6) is 10.3. The molecule has 16 heavy (non-hydrogen) atoms. The predicted octanol–water partition coefficient (Wildman–Crippen LogP) is 1.03. The molecule has 0 fully saturated rings. The van der Waals surface area contributed by atoms with Crippen molar-refractivity contribution >= 4 is 6.03 Å². The summed E-state index contributed by atoms with van der Waals surface area (Å²) in [5.41, 5.74) is 0.478. The lowest BCUT2D eigenvalue weighted by atomic mass is 10.1. The van der Waals surface area contributed by atoms with Gasteiger partial charge >= 0.3 is 6.03 Å². The van der Waals surface area contributed by atoms with Crippen molar-refractivity contribution in [2.24, 2.45) is 17.6 Å². The molecule has 0 heterocycles. The predicted molar refractivity (Wildman–Crippen MR) is 59.0 cm³/mol. The summed E-state index contributed by atoms with van der Waals surface area (Å²) in [6, 6.07) is -0.567. The van der Waals surface area contributed by atoms with Gasteiger partial charge in [0.15, 0.2) is 0 Å². The number of allylic oxidation sites excluding steroid dienone is 5. The van der Waals surface area contributed by atoms with E-state index in [2.05, 4.69) is 0 Å². The zero-order valence-electron chi connectivity index (χ0n) is 9.22. The third-order valence-electron chi connectivity index (χ3n) is 2.21. The van der Waals surface area contributed by atoms with Crippen LogP contribution in [-0.4, -0.2) is 23.1 Å². The molecule has 6 heteroatoms. The van der Waals surface area contributed by atoms with E-state index in [0.717, 1.165) is 10.0 Å². The Kier molecular flexibility index (Phi) is 3.81. The molecule has 0 aromatic heterocycles. The van der Waals surface area contributed by atoms with Crippen molar-refractivity contribution in [1.29, 1.82) is 0 Å². The molecule has 0 aromatic rings. The summed E-state index contributed by atoms with van der Waals surface area (Å²) in [6.07, 6.45) is 5.66. The molecule has 1 atom stereocenters. The summed E-state index contributed by atoms with van der Waals surface area (Å²) in [5, 5.41) is 1.77. The molecule has 1 rings (SSSR count). The maximum atomic E-state index is 13.0. The molecule has 4 N–H and O–H groups in total. The largest absolute Gasteiger partial charge is 0.352 e. The Morgan fingerprint density at radius 2 is 2.06 bits per heavy atom. The van der Waals surface area contributed by atoms with Gasteiger partial charge in [0.2, 0.25) is 0 Å². The van der Waals surface area contributed by atoms with Crippen molar-refractivity contribution in [3.05, 3.63) is 35.8 Å². The molecule has 0 aliphatic heterocycles. The fraction of sp³-hybridized carbons (Fsp3) is 0.300. The van der Waals surface area contributed by atoms with E-state index in [1.165, 1.54) is 25.3 Å². The zero-order chi connectivity index (χ0) is 12.3. The highest BCUT2D eigenvalue weighted by atomic mass is 19.1. The van der Waals surface area contributed by atoms with E-state index in [0.29, 0.717) is 5.70 Å². The van der Waals surface area contributed by atoms with Gasteiger partial charge in [-0.05, 0) is 18.2 Å². The molecule has 5 nitrogen and oxygen atoms in total. The molecule has 0 radical (unpaired) electrons. The second-order valence-electron chi connectivity index (χ2n) is 3.55. The summed E-state index contributed by atoms with van der Waals surface area (Å²) in [6.45, 7) is 1.80. The molecule has 0 aromatic carbocycles. The van der Waals surface area contributed by atoms with Crippen LogP contribution in [0.1, 0.15) is 6.92 Å². The lowest BCUT2D eigenvalue weighted by Gasteiger charge is -2.25. The van der Waals surface area contributed by atoms with Gasteiger partial charge in [0.25, 0.3) is 0 Å². The Morgan fingerprint density at radius 1 is 1.44 bits per heavy atom. The standard InChI is InChI=1S/C10H15FN4O/c1-7-3-4-8(11)5-6-9(7)15(13)10(16)14(2)12/h3-7H,12-13H2,1-2H3. The van der Waals surface area contributed by atoms with Crippen molar-refractivity contribution < 1.29 is 9.18 Å². The van der Waals surface area contributed by atoms with Crippen LogP contribution in [-0.2, 0) is 0 Å². The average Bonchev–Trinajstić information content (AvgIpc) is 2.39. The number of urea groups is 1. The number of amides is 2. The Bertz CT molecular complexity index is 373. The Morgan fingerprint density at radius 3 is 2.62 bits per heavy atom. The number of hydrazine groups is 2. The second-order valence-corrected chi connectivity index (χ2v) is 3.55. The normalized spacial score (nSPS) is 19.7. The first-order valence-electron chi connectivity index (χ1n) is 4.76. The minimum absolute atomic E-state index is 0.168. The van der Waals surface area contributed by atoms with Gasteiger partial charge in [-0.2, -0.15) is 0 Å². The molecule has 0 spiro atoms. The van der Waals surface area contributed by atoms with E-state index >= 15 is 0 Å². The second kappa shape index (κ2) is 4.91. The third kappa shape index (κ3) is 2.68. The highest BCUT2D eigenvalue weighted by Crippen LogP contribution is 2.20. The van der Waals surface area contributed by atoms with Gasteiger partial charge < -0.3 is 0 Å². The monoisotopic (exact) mass is 226 g/mol. The smallest absolute Gasteiger partial charge is 0.264 e. The molecule has 1 unspecified atom stereocenters. The molecule has 88 valence electrons. The van der Waals surface area contributed by atoms with Gasteiger partial charge in [-0.3, -0.25) is 5.01 Å². The lowest BCUT2D eigenvalue weighted by Crippen LogP contribution is -2.48. The molecular weight excluding hydrogens is 211 g/mol.